The lowest BCUT2D eigenvalue weighted by Gasteiger charge is -2.14. The summed E-state index contributed by atoms with van der Waals surface area (Å²) in [7, 11) is 0. The minimum atomic E-state index is -0.0652. The van der Waals surface area contributed by atoms with Crippen molar-refractivity contribution in [2.45, 2.75) is 336 Å². The molecule has 0 amide bonds. The van der Waals surface area contributed by atoms with E-state index in [1.54, 1.807) is 0 Å². The Morgan fingerprint density at radius 3 is 1.19 bits per heavy atom. The zero-order valence-electron chi connectivity index (χ0n) is 47.7. The Hall–Kier alpha value is -2.11. The van der Waals surface area contributed by atoms with E-state index in [0.29, 0.717) is 45.0 Å². The van der Waals surface area contributed by atoms with E-state index in [9.17, 15) is 14.4 Å². The van der Waals surface area contributed by atoms with Gasteiger partial charge in [0.15, 0.2) is 0 Å². The summed E-state index contributed by atoms with van der Waals surface area (Å²) >= 11 is 0. The molecule has 2 unspecified atom stereocenters. The molecule has 0 aliphatic carbocycles. The van der Waals surface area contributed by atoms with Gasteiger partial charge in [-0.15, -0.1) is 0 Å². The van der Waals surface area contributed by atoms with Gasteiger partial charge in [-0.3, -0.25) is 14.4 Å². The Kier molecular flexibility index (Phi) is 54.5. The zero-order valence-corrected chi connectivity index (χ0v) is 47.7. The fraction of sp³-hybridized carbons (Fsp3) is 0.891. The number of hydrogen-bond donors (Lipinski definition) is 0. The van der Waals surface area contributed by atoms with E-state index in [2.05, 4.69) is 52.8 Å². The van der Waals surface area contributed by atoms with E-state index in [4.69, 9.17) is 14.2 Å². The SMILES string of the molecule is CCCCCCC/C=C/C(CCCCCCCC(=O)OC/C(=C/CCCCCCC)CCCCCCCCC(=O)OCC(CC)CCCC)COC(=O)CCCCCCCCCCCCCCCCC. The number of carbonyl (C=O) groups is 3. The lowest BCUT2D eigenvalue weighted by molar-refractivity contribution is -0.146. The first-order valence-electron chi connectivity index (χ1n) is 31.2. The number of ether oxygens (including phenoxy) is 3. The van der Waals surface area contributed by atoms with Crippen LogP contribution in [0.3, 0.4) is 0 Å². The van der Waals surface area contributed by atoms with Crippen molar-refractivity contribution < 1.29 is 28.6 Å². The van der Waals surface area contributed by atoms with Gasteiger partial charge in [-0.25, -0.2) is 0 Å². The minimum Gasteiger partial charge on any atom is -0.465 e. The van der Waals surface area contributed by atoms with Crippen LogP contribution in [-0.4, -0.2) is 37.7 Å². The quantitative estimate of drug-likeness (QED) is 0.0261. The predicted molar refractivity (Wildman–Crippen MR) is 302 cm³/mol. The summed E-state index contributed by atoms with van der Waals surface area (Å²) in [5.74, 6) is 0.670. The Morgan fingerprint density at radius 2 is 0.729 bits per heavy atom. The Morgan fingerprint density at radius 1 is 0.357 bits per heavy atom. The van der Waals surface area contributed by atoms with Crippen LogP contribution in [0.5, 0.6) is 0 Å². The van der Waals surface area contributed by atoms with Gasteiger partial charge in [0.1, 0.15) is 6.61 Å². The largest absolute Gasteiger partial charge is 0.465 e. The first-order chi connectivity index (χ1) is 34.4. The van der Waals surface area contributed by atoms with Crippen LogP contribution in [0.2, 0.25) is 0 Å². The van der Waals surface area contributed by atoms with Crippen molar-refractivity contribution in [2.75, 3.05) is 19.8 Å². The lowest BCUT2D eigenvalue weighted by Crippen LogP contribution is -2.13. The highest BCUT2D eigenvalue weighted by Crippen LogP contribution is 2.20. The van der Waals surface area contributed by atoms with Crippen LogP contribution >= 0.6 is 0 Å². The average molecular weight is 986 g/mol. The molecule has 0 rings (SSSR count). The number of unbranched alkanes of at least 4 members (excludes halogenated alkanes) is 34. The van der Waals surface area contributed by atoms with E-state index in [-0.39, 0.29) is 23.8 Å². The molecule has 412 valence electrons. The van der Waals surface area contributed by atoms with Crippen molar-refractivity contribution in [1.82, 2.24) is 0 Å². The normalized spacial score (nSPS) is 12.7. The van der Waals surface area contributed by atoms with E-state index in [1.165, 1.54) is 179 Å². The molecule has 0 saturated carbocycles. The second-order valence-electron chi connectivity index (χ2n) is 21.5. The van der Waals surface area contributed by atoms with Gasteiger partial charge in [0.2, 0.25) is 0 Å². The number of carbonyl (C=O) groups excluding carboxylic acids is 3. The summed E-state index contributed by atoms with van der Waals surface area (Å²) in [6.45, 7) is 12.7. The van der Waals surface area contributed by atoms with Crippen molar-refractivity contribution in [1.29, 1.82) is 0 Å². The van der Waals surface area contributed by atoms with Crippen molar-refractivity contribution in [2.24, 2.45) is 11.8 Å². The summed E-state index contributed by atoms with van der Waals surface area (Å²) in [6, 6.07) is 0. The second-order valence-corrected chi connectivity index (χ2v) is 21.5. The molecule has 0 aromatic heterocycles. The van der Waals surface area contributed by atoms with Gasteiger partial charge < -0.3 is 14.2 Å². The van der Waals surface area contributed by atoms with E-state index >= 15 is 0 Å². The summed E-state index contributed by atoms with van der Waals surface area (Å²) in [4.78, 5) is 37.8. The third-order valence-electron chi connectivity index (χ3n) is 14.6. The third kappa shape index (κ3) is 50.8. The molecule has 0 aliphatic heterocycles. The molecule has 0 N–H and O–H groups in total. The molecule has 6 nitrogen and oxygen atoms in total. The van der Waals surface area contributed by atoms with Crippen LogP contribution in [-0.2, 0) is 28.6 Å². The van der Waals surface area contributed by atoms with E-state index in [0.717, 1.165) is 109 Å². The topological polar surface area (TPSA) is 78.9 Å². The molecule has 0 aromatic carbocycles. The summed E-state index contributed by atoms with van der Waals surface area (Å²) < 4.78 is 17.3. The highest BCUT2D eigenvalue weighted by atomic mass is 16.5. The molecule has 0 saturated heterocycles. The average Bonchev–Trinajstić information content (AvgIpc) is 3.36. The number of rotatable bonds is 56. The van der Waals surface area contributed by atoms with Crippen LogP contribution in [0.15, 0.2) is 23.8 Å². The molecule has 0 heterocycles. The molecule has 2 atom stereocenters. The van der Waals surface area contributed by atoms with Gasteiger partial charge in [-0.1, -0.05) is 265 Å². The van der Waals surface area contributed by atoms with Gasteiger partial charge in [0.05, 0.1) is 13.2 Å². The van der Waals surface area contributed by atoms with Crippen molar-refractivity contribution in [3.63, 3.8) is 0 Å². The van der Waals surface area contributed by atoms with Crippen LogP contribution < -0.4 is 0 Å². The van der Waals surface area contributed by atoms with Gasteiger partial charge >= 0.3 is 17.9 Å². The standard InChI is InChI=1S/C64H120O6/c1-6-11-15-18-21-22-23-24-25-26-27-28-30-38-45-54-63(66)69-58-61(50-42-35-29-19-16-12-7-2)52-44-37-33-40-47-55-64(67)70-57-60(49-41-34-20-17-13-8-3)51-43-36-31-32-39-46-53-62(65)68-56-59(10-5)48-14-9-4/h42,49-50,59,61H,6-41,43-48,51-58H2,1-5H3/b50-42+,60-49+. The van der Waals surface area contributed by atoms with Crippen molar-refractivity contribution in [3.05, 3.63) is 23.8 Å². The van der Waals surface area contributed by atoms with Crippen LogP contribution in [0.4, 0.5) is 0 Å². The fourth-order valence-electron chi connectivity index (χ4n) is 9.55. The monoisotopic (exact) mass is 985 g/mol. The first-order valence-corrected chi connectivity index (χ1v) is 31.2. The van der Waals surface area contributed by atoms with Gasteiger partial charge in [0.25, 0.3) is 0 Å². The maximum Gasteiger partial charge on any atom is 0.306 e. The third-order valence-corrected chi connectivity index (χ3v) is 14.6. The maximum atomic E-state index is 12.8. The molecule has 0 radical (unpaired) electrons. The summed E-state index contributed by atoms with van der Waals surface area (Å²) in [6.07, 6.45) is 62.1. The molecule has 70 heavy (non-hydrogen) atoms. The fourth-order valence-corrected chi connectivity index (χ4v) is 9.55. The Labute approximate surface area is 436 Å². The van der Waals surface area contributed by atoms with Gasteiger partial charge in [-0.2, -0.15) is 0 Å². The van der Waals surface area contributed by atoms with Gasteiger partial charge in [-0.05, 0) is 82.1 Å². The Balaban J connectivity index is 4.47. The molecular formula is C64H120O6. The molecule has 0 fully saturated rings. The zero-order chi connectivity index (χ0) is 51.1. The second kappa shape index (κ2) is 56.2. The Bertz CT molecular complexity index is 1180. The molecule has 0 aliphatic rings. The highest BCUT2D eigenvalue weighted by molar-refractivity contribution is 5.70. The minimum absolute atomic E-state index is 0.0264. The number of hydrogen-bond acceptors (Lipinski definition) is 6. The van der Waals surface area contributed by atoms with E-state index in [1.807, 2.05) is 0 Å². The molecule has 0 aromatic rings. The van der Waals surface area contributed by atoms with Crippen molar-refractivity contribution in [3.8, 4) is 0 Å². The smallest absolute Gasteiger partial charge is 0.306 e. The first kappa shape index (κ1) is 67.9. The molecule has 6 heteroatoms. The van der Waals surface area contributed by atoms with Crippen LogP contribution in [0.1, 0.15) is 336 Å². The predicted octanol–water partition coefficient (Wildman–Crippen LogP) is 20.8. The van der Waals surface area contributed by atoms with Gasteiger partial charge in [0, 0.05) is 25.2 Å². The van der Waals surface area contributed by atoms with Crippen LogP contribution in [0.25, 0.3) is 0 Å². The van der Waals surface area contributed by atoms with Crippen LogP contribution in [0, 0.1) is 11.8 Å². The lowest BCUT2D eigenvalue weighted by atomic mass is 9.99. The number of allylic oxidation sites excluding steroid dienone is 2. The van der Waals surface area contributed by atoms with E-state index < -0.39 is 0 Å². The summed E-state index contributed by atoms with van der Waals surface area (Å²) in [5.41, 5.74) is 1.28. The molecule has 0 bridgehead atoms. The summed E-state index contributed by atoms with van der Waals surface area (Å²) in [5, 5.41) is 0. The molecule has 0 spiro atoms. The highest BCUT2D eigenvalue weighted by Gasteiger charge is 2.12. The maximum absolute atomic E-state index is 12.8. The molecular weight excluding hydrogens is 865 g/mol. The van der Waals surface area contributed by atoms with Crippen molar-refractivity contribution >= 4 is 17.9 Å². The number of esters is 3.